The SMILES string of the molecule is COCC1C[SH]2C(=N1)C1(CCCCC1)OC(C)CCCOCCCCOc1ccc2c(F)c1F. The van der Waals surface area contributed by atoms with Gasteiger partial charge in [0.1, 0.15) is 5.60 Å². The molecule has 1 fully saturated rings. The van der Waals surface area contributed by atoms with E-state index < -0.39 is 28.1 Å². The van der Waals surface area contributed by atoms with Crippen LogP contribution >= 0.6 is 10.9 Å². The van der Waals surface area contributed by atoms with Crippen LogP contribution in [-0.4, -0.2) is 62.1 Å². The van der Waals surface area contributed by atoms with Crippen molar-refractivity contribution in [1.82, 2.24) is 0 Å². The molecule has 5 rings (SSSR count). The fourth-order valence-electron chi connectivity index (χ4n) is 5.30. The minimum atomic E-state index is -1.17. The average molecular weight is 500 g/mol. The summed E-state index contributed by atoms with van der Waals surface area (Å²) in [5.41, 5.74) is -0.518. The largest absolute Gasteiger partial charge is 0.490 e. The molecule has 8 heteroatoms. The highest BCUT2D eigenvalue weighted by Crippen LogP contribution is 2.53. The van der Waals surface area contributed by atoms with Crippen molar-refractivity contribution in [2.75, 3.05) is 39.3 Å². The molecule has 192 valence electrons. The van der Waals surface area contributed by atoms with E-state index in [9.17, 15) is 0 Å². The Morgan fingerprint density at radius 2 is 1.79 bits per heavy atom. The second-order valence-corrected chi connectivity index (χ2v) is 11.8. The fourth-order valence-corrected chi connectivity index (χ4v) is 8.17. The van der Waals surface area contributed by atoms with E-state index in [4.69, 9.17) is 23.9 Å². The summed E-state index contributed by atoms with van der Waals surface area (Å²) in [6.07, 6.45) is 8.43. The summed E-state index contributed by atoms with van der Waals surface area (Å²) < 4.78 is 54.1. The third-order valence-electron chi connectivity index (χ3n) is 6.97. The summed E-state index contributed by atoms with van der Waals surface area (Å²) in [4.78, 5) is 5.49. The quantitative estimate of drug-likeness (QED) is 0.520. The number of nitrogens with zero attached hydrogens (tertiary/aromatic N) is 1. The summed E-state index contributed by atoms with van der Waals surface area (Å²) in [7, 11) is 0.485. The van der Waals surface area contributed by atoms with Gasteiger partial charge in [0.15, 0.2) is 11.6 Å². The molecule has 34 heavy (non-hydrogen) atoms. The first-order valence-corrected chi connectivity index (χ1v) is 14.3. The van der Waals surface area contributed by atoms with Crippen molar-refractivity contribution in [3.8, 4) is 5.75 Å². The molecule has 1 aliphatic carbocycles. The predicted octanol–water partition coefficient (Wildman–Crippen LogP) is 5.83. The second kappa shape index (κ2) is 12.2. The number of fused-ring (bicyclic) bond motifs is 12. The van der Waals surface area contributed by atoms with Gasteiger partial charge in [0.2, 0.25) is 5.82 Å². The van der Waals surface area contributed by atoms with Gasteiger partial charge in [-0.1, -0.05) is 19.3 Å². The van der Waals surface area contributed by atoms with Crippen LogP contribution in [-0.2, 0) is 14.2 Å². The van der Waals surface area contributed by atoms with Gasteiger partial charge in [-0.25, -0.2) is 4.39 Å². The van der Waals surface area contributed by atoms with Gasteiger partial charge in [0.25, 0.3) is 0 Å². The molecule has 1 spiro atoms. The molecule has 3 atom stereocenters. The smallest absolute Gasteiger partial charge is 0.201 e. The van der Waals surface area contributed by atoms with Gasteiger partial charge < -0.3 is 18.9 Å². The van der Waals surface area contributed by atoms with E-state index in [1.54, 1.807) is 19.2 Å². The third-order valence-corrected chi connectivity index (χ3v) is 9.71. The van der Waals surface area contributed by atoms with Gasteiger partial charge >= 0.3 is 0 Å². The van der Waals surface area contributed by atoms with Crippen molar-refractivity contribution in [2.24, 2.45) is 4.99 Å². The zero-order valence-electron chi connectivity index (χ0n) is 20.5. The molecular weight excluding hydrogens is 460 g/mol. The number of ether oxygens (including phenoxy) is 4. The lowest BCUT2D eigenvalue weighted by molar-refractivity contribution is -0.0649. The molecule has 0 radical (unpaired) electrons. The topological polar surface area (TPSA) is 49.3 Å². The first kappa shape index (κ1) is 25.9. The van der Waals surface area contributed by atoms with Crippen LogP contribution in [0.1, 0.15) is 64.7 Å². The fraction of sp³-hybridized carbons (Fsp3) is 0.731. The molecule has 0 N–H and O–H groups in total. The Labute approximate surface area is 204 Å². The van der Waals surface area contributed by atoms with Crippen molar-refractivity contribution >= 4 is 15.9 Å². The van der Waals surface area contributed by atoms with Crippen LogP contribution in [0.25, 0.3) is 0 Å². The van der Waals surface area contributed by atoms with E-state index in [-0.39, 0.29) is 17.9 Å². The molecule has 2 bridgehead atoms. The van der Waals surface area contributed by atoms with Crippen molar-refractivity contribution in [3.05, 3.63) is 23.8 Å². The molecule has 0 saturated heterocycles. The van der Waals surface area contributed by atoms with Gasteiger partial charge in [-0.2, -0.15) is 15.3 Å². The number of halogens is 2. The maximum atomic E-state index is 15.5. The van der Waals surface area contributed by atoms with E-state index in [1.807, 2.05) is 0 Å². The van der Waals surface area contributed by atoms with Crippen LogP contribution in [0.3, 0.4) is 0 Å². The molecule has 1 saturated carbocycles. The van der Waals surface area contributed by atoms with E-state index in [2.05, 4.69) is 6.92 Å². The highest BCUT2D eigenvalue weighted by Gasteiger charge is 2.46. The molecule has 1 aromatic carbocycles. The molecule has 0 amide bonds. The van der Waals surface area contributed by atoms with Crippen LogP contribution in [0.15, 0.2) is 22.0 Å². The van der Waals surface area contributed by atoms with Crippen LogP contribution < -0.4 is 4.74 Å². The lowest BCUT2D eigenvalue weighted by atomic mass is 9.85. The molecule has 5 nitrogen and oxygen atoms in total. The first-order chi connectivity index (χ1) is 16.5. The van der Waals surface area contributed by atoms with Crippen molar-refractivity contribution < 1.29 is 27.7 Å². The van der Waals surface area contributed by atoms with Gasteiger partial charge in [0.05, 0.1) is 30.4 Å². The van der Waals surface area contributed by atoms with Crippen molar-refractivity contribution in [3.63, 3.8) is 0 Å². The Hall–Kier alpha value is -1.22. The van der Waals surface area contributed by atoms with Crippen molar-refractivity contribution in [1.29, 1.82) is 0 Å². The Kier molecular flexibility index (Phi) is 9.24. The molecule has 0 aromatic heterocycles. The number of aliphatic imine (C=N–C) groups is 1. The molecule has 3 heterocycles. The maximum Gasteiger partial charge on any atom is 0.201 e. The molecule has 3 aliphatic heterocycles. The van der Waals surface area contributed by atoms with Gasteiger partial charge in [0, 0.05) is 31.0 Å². The second-order valence-electron chi connectivity index (χ2n) is 9.68. The van der Waals surface area contributed by atoms with Gasteiger partial charge in [-0.3, -0.25) is 4.99 Å². The van der Waals surface area contributed by atoms with E-state index in [0.717, 1.165) is 62.8 Å². The van der Waals surface area contributed by atoms with E-state index in [1.165, 1.54) is 0 Å². The monoisotopic (exact) mass is 499 g/mol. The predicted molar refractivity (Wildman–Crippen MR) is 133 cm³/mol. The summed E-state index contributed by atoms with van der Waals surface area (Å²) in [6.45, 7) is 4.26. The number of rotatable bonds is 2. The summed E-state index contributed by atoms with van der Waals surface area (Å²) in [5, 5.41) is 0.931. The zero-order valence-corrected chi connectivity index (χ0v) is 21.4. The Bertz CT molecular complexity index is 846. The molecule has 1 aromatic rings. The zero-order chi connectivity index (χ0) is 24.0. The lowest BCUT2D eigenvalue weighted by Crippen LogP contribution is -2.45. The number of methoxy groups -OCH3 is 1. The number of benzene rings is 1. The third kappa shape index (κ3) is 5.94. The number of thiol groups is 1. The average Bonchev–Trinajstić information content (AvgIpc) is 3.25. The summed E-state index contributed by atoms with van der Waals surface area (Å²) in [6, 6.07) is 3.22. The Morgan fingerprint density at radius 3 is 2.59 bits per heavy atom. The minimum Gasteiger partial charge on any atom is -0.490 e. The Morgan fingerprint density at radius 1 is 1.03 bits per heavy atom. The first-order valence-electron chi connectivity index (χ1n) is 12.7. The molecular formula is C26H39F2NO4S. The van der Waals surface area contributed by atoms with Crippen molar-refractivity contribution in [2.45, 2.75) is 87.4 Å². The minimum absolute atomic E-state index is 0.0262. The van der Waals surface area contributed by atoms with E-state index in [0.29, 0.717) is 37.1 Å². The highest BCUT2D eigenvalue weighted by molar-refractivity contribution is 8.30. The van der Waals surface area contributed by atoms with Crippen LogP contribution in [0.2, 0.25) is 0 Å². The van der Waals surface area contributed by atoms with Crippen LogP contribution in [0.5, 0.6) is 5.75 Å². The standard InChI is InChI=1S/C26H39F2NO4S/c1-19-9-8-15-31-14-6-7-16-32-21-10-11-22(24(28)23(21)27)34-18-20(17-30-2)29-25(34)26(33-19)12-4-3-5-13-26/h10-11,19-20,34H,3-9,12-18H2,1-2H3. The van der Waals surface area contributed by atoms with Crippen LogP contribution in [0, 0.1) is 11.6 Å². The Balaban J connectivity index is 1.72. The van der Waals surface area contributed by atoms with Gasteiger partial charge in [-0.15, -0.1) is 0 Å². The highest BCUT2D eigenvalue weighted by atomic mass is 32.2. The molecule has 4 aliphatic rings. The van der Waals surface area contributed by atoms with E-state index >= 15 is 8.78 Å². The normalized spacial score (nSPS) is 29.6. The van der Waals surface area contributed by atoms with Crippen LogP contribution in [0.4, 0.5) is 8.78 Å². The number of hydrogen-bond acceptors (Lipinski definition) is 5. The lowest BCUT2D eigenvalue weighted by Gasteiger charge is -2.42. The van der Waals surface area contributed by atoms with Gasteiger partial charge in [-0.05, 0) is 57.6 Å². The number of hydrogen-bond donors (Lipinski definition) is 1. The summed E-state index contributed by atoms with van der Waals surface area (Å²) >= 11 is 0. The summed E-state index contributed by atoms with van der Waals surface area (Å²) in [5.74, 6) is -1.08. The molecule has 3 unspecified atom stereocenters. The maximum absolute atomic E-state index is 15.5.